The van der Waals surface area contributed by atoms with Crippen LogP contribution < -0.4 is 16.4 Å². The van der Waals surface area contributed by atoms with E-state index in [0.717, 1.165) is 0 Å². The van der Waals surface area contributed by atoms with Crippen molar-refractivity contribution in [2.75, 3.05) is 10.6 Å². The van der Waals surface area contributed by atoms with Gasteiger partial charge in [-0.15, -0.1) is 0 Å². The van der Waals surface area contributed by atoms with Crippen molar-refractivity contribution in [1.82, 2.24) is 0 Å². The molecule has 0 aliphatic rings. The predicted molar refractivity (Wildman–Crippen MR) is 76.5 cm³/mol. The van der Waals surface area contributed by atoms with E-state index in [1.54, 1.807) is 36.4 Å². The molecule has 0 atom stereocenters. The predicted octanol–water partition coefficient (Wildman–Crippen LogP) is 2.61. The van der Waals surface area contributed by atoms with Gasteiger partial charge in [0.05, 0.1) is 5.69 Å². The van der Waals surface area contributed by atoms with E-state index in [2.05, 4.69) is 10.6 Å². The summed E-state index contributed by atoms with van der Waals surface area (Å²) in [5, 5.41) is 12.8. The van der Waals surface area contributed by atoms with Crippen LogP contribution in [0.2, 0.25) is 0 Å². The van der Waals surface area contributed by atoms with Crippen LogP contribution in [0.5, 0.6) is 0 Å². The molecular formula is C14H14N4O. The minimum atomic E-state index is -0.375. The van der Waals surface area contributed by atoms with Crippen LogP contribution in [0, 0.1) is 5.41 Å². The number of amidine groups is 1. The molecule has 0 aliphatic carbocycles. The lowest BCUT2D eigenvalue weighted by Crippen LogP contribution is -2.22. The standard InChI is InChI=1S/C14H14N4O/c15-13(16)11-8-4-5-9-12(11)18-14(19)17-10-6-2-1-3-7-10/h1-9H,(H3,15,16)(H2,17,18,19). The minimum absolute atomic E-state index is 0.0874. The van der Waals surface area contributed by atoms with Gasteiger partial charge in [-0.3, -0.25) is 5.41 Å². The van der Waals surface area contributed by atoms with E-state index < -0.39 is 0 Å². The van der Waals surface area contributed by atoms with E-state index in [-0.39, 0.29) is 11.9 Å². The Morgan fingerprint density at radius 3 is 2.26 bits per heavy atom. The van der Waals surface area contributed by atoms with Gasteiger partial charge in [-0.2, -0.15) is 0 Å². The zero-order valence-corrected chi connectivity index (χ0v) is 10.2. The van der Waals surface area contributed by atoms with Crippen molar-refractivity contribution in [3.63, 3.8) is 0 Å². The van der Waals surface area contributed by atoms with Crippen molar-refractivity contribution in [1.29, 1.82) is 5.41 Å². The summed E-state index contributed by atoms with van der Waals surface area (Å²) in [6, 6.07) is 15.6. The van der Waals surface area contributed by atoms with Crippen LogP contribution in [0.3, 0.4) is 0 Å². The highest BCUT2D eigenvalue weighted by atomic mass is 16.2. The first-order valence-corrected chi connectivity index (χ1v) is 5.73. The van der Waals surface area contributed by atoms with Crippen LogP contribution >= 0.6 is 0 Å². The number of carbonyl (C=O) groups excluding carboxylic acids is 1. The van der Waals surface area contributed by atoms with Crippen molar-refractivity contribution in [2.45, 2.75) is 0 Å². The smallest absolute Gasteiger partial charge is 0.323 e. The first-order valence-electron chi connectivity index (χ1n) is 5.73. The summed E-state index contributed by atoms with van der Waals surface area (Å²) in [6.45, 7) is 0. The number of nitrogen functional groups attached to an aromatic ring is 1. The third kappa shape index (κ3) is 3.32. The fourth-order valence-electron chi connectivity index (χ4n) is 1.63. The van der Waals surface area contributed by atoms with Crippen molar-refractivity contribution in [2.24, 2.45) is 5.73 Å². The van der Waals surface area contributed by atoms with Crippen LogP contribution in [0.4, 0.5) is 16.2 Å². The third-order valence-electron chi connectivity index (χ3n) is 2.50. The average molecular weight is 254 g/mol. The Morgan fingerprint density at radius 1 is 0.947 bits per heavy atom. The number of hydrogen-bond acceptors (Lipinski definition) is 2. The molecule has 5 nitrogen and oxygen atoms in total. The summed E-state index contributed by atoms with van der Waals surface area (Å²) in [4.78, 5) is 11.8. The maximum absolute atomic E-state index is 11.8. The Morgan fingerprint density at radius 2 is 1.58 bits per heavy atom. The number of amides is 2. The molecule has 0 saturated carbocycles. The Labute approximate surface area is 111 Å². The topological polar surface area (TPSA) is 91.0 Å². The van der Waals surface area contributed by atoms with Crippen molar-refractivity contribution < 1.29 is 4.79 Å². The molecule has 5 N–H and O–H groups in total. The number of urea groups is 1. The number of nitrogens with one attached hydrogen (secondary N) is 3. The van der Waals surface area contributed by atoms with E-state index in [4.69, 9.17) is 11.1 Å². The molecule has 2 amide bonds. The van der Waals surface area contributed by atoms with Crippen LogP contribution in [0.1, 0.15) is 5.56 Å². The summed E-state index contributed by atoms with van der Waals surface area (Å²) >= 11 is 0. The van der Waals surface area contributed by atoms with E-state index >= 15 is 0 Å². The maximum atomic E-state index is 11.8. The molecule has 0 fully saturated rings. The molecule has 19 heavy (non-hydrogen) atoms. The van der Waals surface area contributed by atoms with Crippen LogP contribution in [0.15, 0.2) is 54.6 Å². The number of rotatable bonds is 3. The molecule has 2 aromatic carbocycles. The fourth-order valence-corrected chi connectivity index (χ4v) is 1.63. The zero-order chi connectivity index (χ0) is 13.7. The first-order chi connectivity index (χ1) is 9.16. The van der Waals surface area contributed by atoms with Gasteiger partial charge in [0.2, 0.25) is 0 Å². The number of nitrogens with two attached hydrogens (primary N) is 1. The van der Waals surface area contributed by atoms with Crippen LogP contribution in [-0.2, 0) is 0 Å². The van der Waals surface area contributed by atoms with E-state index in [0.29, 0.717) is 16.9 Å². The molecule has 96 valence electrons. The Bertz CT molecular complexity index is 595. The quantitative estimate of drug-likeness (QED) is 0.501. The van der Waals surface area contributed by atoms with E-state index in [1.165, 1.54) is 0 Å². The average Bonchev–Trinajstić information content (AvgIpc) is 2.40. The first kappa shape index (κ1) is 12.6. The van der Waals surface area contributed by atoms with E-state index in [9.17, 15) is 4.79 Å². The van der Waals surface area contributed by atoms with Gasteiger partial charge in [-0.1, -0.05) is 30.3 Å². The van der Waals surface area contributed by atoms with Crippen LogP contribution in [0.25, 0.3) is 0 Å². The highest BCUT2D eigenvalue weighted by molar-refractivity contribution is 6.06. The van der Waals surface area contributed by atoms with Crippen molar-refractivity contribution in [3.8, 4) is 0 Å². The normalized spacial score (nSPS) is 9.68. The molecule has 2 rings (SSSR count). The number of para-hydroxylation sites is 2. The lowest BCUT2D eigenvalue weighted by Gasteiger charge is -2.10. The zero-order valence-electron chi connectivity index (χ0n) is 10.2. The molecular weight excluding hydrogens is 240 g/mol. The molecule has 0 heterocycles. The monoisotopic (exact) mass is 254 g/mol. The second-order valence-electron chi connectivity index (χ2n) is 3.90. The number of anilines is 2. The Balaban J connectivity index is 2.09. The van der Waals surface area contributed by atoms with Crippen molar-refractivity contribution in [3.05, 3.63) is 60.2 Å². The maximum Gasteiger partial charge on any atom is 0.323 e. The van der Waals surface area contributed by atoms with Crippen molar-refractivity contribution >= 4 is 23.2 Å². The van der Waals surface area contributed by atoms with Crippen LogP contribution in [-0.4, -0.2) is 11.9 Å². The number of benzene rings is 2. The second kappa shape index (κ2) is 5.68. The SMILES string of the molecule is N=C(N)c1ccccc1NC(=O)Nc1ccccc1. The summed E-state index contributed by atoms with van der Waals surface area (Å²) in [7, 11) is 0. The molecule has 2 aromatic rings. The molecule has 0 aliphatic heterocycles. The van der Waals surface area contributed by atoms with Gasteiger partial charge in [0.15, 0.2) is 0 Å². The summed E-state index contributed by atoms with van der Waals surface area (Å²) in [5.41, 5.74) is 7.14. The summed E-state index contributed by atoms with van der Waals surface area (Å²) in [5.74, 6) is -0.0874. The van der Waals surface area contributed by atoms with Gasteiger partial charge >= 0.3 is 6.03 Å². The van der Waals surface area contributed by atoms with Gasteiger partial charge in [0.1, 0.15) is 5.84 Å². The largest absolute Gasteiger partial charge is 0.384 e. The second-order valence-corrected chi connectivity index (χ2v) is 3.90. The molecule has 0 saturated heterocycles. The highest BCUT2D eigenvalue weighted by Gasteiger charge is 2.08. The van der Waals surface area contributed by atoms with Gasteiger partial charge in [0, 0.05) is 11.3 Å². The molecule has 0 unspecified atom stereocenters. The van der Waals surface area contributed by atoms with Gasteiger partial charge in [-0.25, -0.2) is 4.79 Å². The molecule has 0 spiro atoms. The van der Waals surface area contributed by atoms with Gasteiger partial charge < -0.3 is 16.4 Å². The van der Waals surface area contributed by atoms with Gasteiger partial charge in [-0.05, 0) is 24.3 Å². The number of carbonyl (C=O) groups is 1. The fraction of sp³-hybridized carbons (Fsp3) is 0. The molecule has 0 bridgehead atoms. The lowest BCUT2D eigenvalue weighted by molar-refractivity contribution is 0.262. The Kier molecular flexibility index (Phi) is 3.78. The molecule has 5 heteroatoms. The minimum Gasteiger partial charge on any atom is -0.384 e. The molecule has 0 radical (unpaired) electrons. The van der Waals surface area contributed by atoms with Gasteiger partial charge in [0.25, 0.3) is 0 Å². The summed E-state index contributed by atoms with van der Waals surface area (Å²) < 4.78 is 0. The molecule has 0 aromatic heterocycles. The highest BCUT2D eigenvalue weighted by Crippen LogP contribution is 2.14. The van der Waals surface area contributed by atoms with E-state index in [1.807, 2.05) is 18.2 Å². The third-order valence-corrected chi connectivity index (χ3v) is 2.50. The Hall–Kier alpha value is -2.82. The summed E-state index contributed by atoms with van der Waals surface area (Å²) in [6.07, 6.45) is 0. The lowest BCUT2D eigenvalue weighted by atomic mass is 10.1. The number of hydrogen-bond donors (Lipinski definition) is 4.